The van der Waals surface area contributed by atoms with Gasteiger partial charge in [0.25, 0.3) is 0 Å². The van der Waals surface area contributed by atoms with Crippen LogP contribution in [0.3, 0.4) is 0 Å². The lowest BCUT2D eigenvalue weighted by molar-refractivity contribution is 0.357. The number of fused-ring (bicyclic) bond motifs is 2. The summed E-state index contributed by atoms with van der Waals surface area (Å²) in [4.78, 5) is 2.12. The van der Waals surface area contributed by atoms with Crippen LogP contribution in [0.25, 0.3) is 0 Å². The zero-order valence-electron chi connectivity index (χ0n) is 11.2. The zero-order chi connectivity index (χ0) is 13.4. The Morgan fingerprint density at radius 1 is 1.21 bits per heavy atom. The quantitative estimate of drug-likeness (QED) is 0.904. The lowest BCUT2D eigenvalue weighted by atomic mass is 9.96. The van der Waals surface area contributed by atoms with Crippen molar-refractivity contribution in [3.63, 3.8) is 0 Å². The number of nitrogens with one attached hydrogen (secondary N) is 1. The second-order valence-corrected chi connectivity index (χ2v) is 5.59. The first-order valence-electron chi connectivity index (χ1n) is 7.16. The molecule has 1 aromatic carbocycles. The Bertz CT molecular complexity index is 449. The van der Waals surface area contributed by atoms with E-state index in [9.17, 15) is 8.78 Å². The molecule has 2 aliphatic rings. The summed E-state index contributed by atoms with van der Waals surface area (Å²) >= 11 is 0. The first-order chi connectivity index (χ1) is 9.20. The molecular formula is C15H20F2N2. The summed E-state index contributed by atoms with van der Waals surface area (Å²) in [5.74, 6) is -1.44. The lowest BCUT2D eigenvalue weighted by Gasteiger charge is -2.41. The van der Waals surface area contributed by atoms with Crippen molar-refractivity contribution in [2.45, 2.75) is 50.7 Å². The smallest absolute Gasteiger partial charge is 0.182 e. The van der Waals surface area contributed by atoms with E-state index >= 15 is 0 Å². The molecule has 2 heterocycles. The number of rotatable bonds is 3. The zero-order valence-corrected chi connectivity index (χ0v) is 11.2. The predicted molar refractivity (Wildman–Crippen MR) is 72.3 cm³/mol. The number of halogens is 2. The van der Waals surface area contributed by atoms with Crippen molar-refractivity contribution in [2.24, 2.45) is 0 Å². The minimum Gasteiger partial charge on any atom is -0.363 e. The molecule has 0 amide bonds. The molecule has 19 heavy (non-hydrogen) atoms. The van der Waals surface area contributed by atoms with Gasteiger partial charge in [-0.05, 0) is 44.4 Å². The molecule has 2 bridgehead atoms. The van der Waals surface area contributed by atoms with Gasteiger partial charge < -0.3 is 10.2 Å². The van der Waals surface area contributed by atoms with Crippen LogP contribution in [0.1, 0.15) is 32.6 Å². The molecule has 0 radical (unpaired) electrons. The highest BCUT2D eigenvalue weighted by Gasteiger charge is 2.41. The fourth-order valence-electron chi connectivity index (χ4n) is 3.72. The van der Waals surface area contributed by atoms with E-state index < -0.39 is 11.6 Å². The Hall–Kier alpha value is -1.16. The second kappa shape index (κ2) is 5.08. The SMILES string of the molecule is CCNC1CC2CCC(C1)N2c1cccc(F)c1F. The molecular weight excluding hydrogens is 246 g/mol. The highest BCUT2D eigenvalue weighted by atomic mass is 19.2. The Balaban J connectivity index is 1.85. The summed E-state index contributed by atoms with van der Waals surface area (Å²) in [5, 5.41) is 3.49. The number of anilines is 1. The minimum atomic E-state index is -0.745. The monoisotopic (exact) mass is 266 g/mol. The molecule has 2 saturated heterocycles. The van der Waals surface area contributed by atoms with Crippen molar-refractivity contribution in [2.75, 3.05) is 11.4 Å². The van der Waals surface area contributed by atoms with E-state index in [0.717, 1.165) is 32.2 Å². The van der Waals surface area contributed by atoms with Crippen molar-refractivity contribution in [1.82, 2.24) is 5.32 Å². The van der Waals surface area contributed by atoms with Gasteiger partial charge in [-0.25, -0.2) is 8.78 Å². The normalized spacial score (nSPS) is 29.8. The van der Waals surface area contributed by atoms with Crippen LogP contribution in [0.15, 0.2) is 18.2 Å². The van der Waals surface area contributed by atoms with Gasteiger partial charge in [0.2, 0.25) is 0 Å². The number of piperidine rings is 1. The summed E-state index contributed by atoms with van der Waals surface area (Å²) in [6, 6.07) is 5.71. The third kappa shape index (κ3) is 2.22. The Morgan fingerprint density at radius 3 is 2.53 bits per heavy atom. The van der Waals surface area contributed by atoms with Gasteiger partial charge in [-0.15, -0.1) is 0 Å². The van der Waals surface area contributed by atoms with Gasteiger partial charge in [0.05, 0.1) is 5.69 Å². The van der Waals surface area contributed by atoms with Gasteiger partial charge >= 0.3 is 0 Å². The van der Waals surface area contributed by atoms with Crippen LogP contribution in [0.2, 0.25) is 0 Å². The number of benzene rings is 1. The van der Waals surface area contributed by atoms with Crippen molar-refractivity contribution < 1.29 is 8.78 Å². The highest BCUT2D eigenvalue weighted by molar-refractivity contribution is 5.52. The van der Waals surface area contributed by atoms with Crippen LogP contribution in [0.4, 0.5) is 14.5 Å². The van der Waals surface area contributed by atoms with E-state index in [1.54, 1.807) is 12.1 Å². The molecule has 0 aliphatic carbocycles. The maximum absolute atomic E-state index is 14.0. The molecule has 4 heteroatoms. The van der Waals surface area contributed by atoms with Crippen molar-refractivity contribution in [3.8, 4) is 0 Å². The van der Waals surface area contributed by atoms with Gasteiger partial charge in [0.15, 0.2) is 11.6 Å². The third-order valence-electron chi connectivity index (χ3n) is 4.44. The summed E-state index contributed by atoms with van der Waals surface area (Å²) in [6.07, 6.45) is 4.23. The third-order valence-corrected chi connectivity index (χ3v) is 4.44. The van der Waals surface area contributed by atoms with E-state index in [-0.39, 0.29) is 0 Å². The fourth-order valence-corrected chi connectivity index (χ4v) is 3.72. The molecule has 0 saturated carbocycles. The van der Waals surface area contributed by atoms with Crippen LogP contribution in [0.5, 0.6) is 0 Å². The van der Waals surface area contributed by atoms with Gasteiger partial charge in [-0.1, -0.05) is 13.0 Å². The summed E-state index contributed by atoms with van der Waals surface area (Å²) in [5.41, 5.74) is 0.447. The maximum Gasteiger partial charge on any atom is 0.182 e. The molecule has 2 atom stereocenters. The summed E-state index contributed by atoms with van der Waals surface area (Å²) in [6.45, 7) is 3.08. The second-order valence-electron chi connectivity index (χ2n) is 5.59. The van der Waals surface area contributed by atoms with E-state index in [2.05, 4.69) is 17.1 Å². The lowest BCUT2D eigenvalue weighted by Crippen LogP contribution is -2.49. The molecule has 2 unspecified atom stereocenters. The van der Waals surface area contributed by atoms with Crippen LogP contribution in [0, 0.1) is 11.6 Å². The van der Waals surface area contributed by atoms with Gasteiger partial charge in [-0.3, -0.25) is 0 Å². The fraction of sp³-hybridized carbons (Fsp3) is 0.600. The van der Waals surface area contributed by atoms with Crippen LogP contribution >= 0.6 is 0 Å². The molecule has 104 valence electrons. The largest absolute Gasteiger partial charge is 0.363 e. The average molecular weight is 266 g/mol. The average Bonchev–Trinajstić information content (AvgIpc) is 2.65. The Labute approximate surface area is 112 Å². The Kier molecular flexibility index (Phi) is 3.44. The van der Waals surface area contributed by atoms with E-state index in [0.29, 0.717) is 23.8 Å². The molecule has 2 nitrogen and oxygen atoms in total. The topological polar surface area (TPSA) is 15.3 Å². The first kappa shape index (κ1) is 12.9. The molecule has 0 spiro atoms. The highest BCUT2D eigenvalue weighted by Crippen LogP contribution is 2.40. The van der Waals surface area contributed by atoms with Crippen molar-refractivity contribution in [1.29, 1.82) is 0 Å². The molecule has 0 aromatic heterocycles. The first-order valence-corrected chi connectivity index (χ1v) is 7.16. The van der Waals surface area contributed by atoms with Gasteiger partial charge in [0.1, 0.15) is 0 Å². The van der Waals surface area contributed by atoms with Crippen molar-refractivity contribution >= 4 is 5.69 Å². The predicted octanol–water partition coefficient (Wildman–Crippen LogP) is 3.07. The Morgan fingerprint density at radius 2 is 1.89 bits per heavy atom. The molecule has 1 aromatic rings. The molecule has 2 aliphatic heterocycles. The van der Waals surface area contributed by atoms with E-state index in [1.165, 1.54) is 6.07 Å². The van der Waals surface area contributed by atoms with Crippen molar-refractivity contribution in [3.05, 3.63) is 29.8 Å². The maximum atomic E-state index is 14.0. The van der Waals surface area contributed by atoms with Gasteiger partial charge in [-0.2, -0.15) is 0 Å². The van der Waals surface area contributed by atoms with Gasteiger partial charge in [0, 0.05) is 18.1 Å². The standard InChI is InChI=1S/C15H20F2N2/c1-2-18-10-8-11-6-7-12(9-10)19(11)14-5-3-4-13(16)15(14)17/h3-5,10-12,18H,2,6-9H2,1H3. The van der Waals surface area contributed by atoms with Crippen LogP contribution in [-0.2, 0) is 0 Å². The summed E-state index contributed by atoms with van der Waals surface area (Å²) in [7, 11) is 0. The number of nitrogens with zero attached hydrogens (tertiary/aromatic N) is 1. The molecule has 2 fully saturated rings. The van der Waals surface area contributed by atoms with E-state index in [4.69, 9.17) is 0 Å². The van der Waals surface area contributed by atoms with Crippen LogP contribution < -0.4 is 10.2 Å². The minimum absolute atomic E-state index is 0.346. The van der Waals surface area contributed by atoms with Crippen LogP contribution in [-0.4, -0.2) is 24.7 Å². The molecule has 1 N–H and O–H groups in total. The van der Waals surface area contributed by atoms with E-state index in [1.807, 2.05) is 0 Å². The number of hydrogen-bond donors (Lipinski definition) is 1. The molecule has 3 rings (SSSR count). The number of hydrogen-bond acceptors (Lipinski definition) is 2. The summed E-state index contributed by atoms with van der Waals surface area (Å²) < 4.78 is 27.4.